The average molecular weight is 469 g/mol. The zero-order valence-electron chi connectivity index (χ0n) is 19.7. The predicted octanol–water partition coefficient (Wildman–Crippen LogP) is 4.63. The molecule has 0 amide bonds. The first-order chi connectivity index (χ1) is 16.3. The second-order valence-corrected chi connectivity index (χ2v) is 7.84. The van der Waals surface area contributed by atoms with Crippen LogP contribution >= 0.6 is 0 Å². The van der Waals surface area contributed by atoms with Gasteiger partial charge in [0.05, 0.1) is 24.3 Å². The van der Waals surface area contributed by atoms with E-state index in [1.807, 2.05) is 6.20 Å². The summed E-state index contributed by atoms with van der Waals surface area (Å²) in [4.78, 5) is 26.3. The fourth-order valence-electron chi connectivity index (χ4n) is 3.35. The number of esters is 1. The molecule has 0 bridgehead atoms. The van der Waals surface area contributed by atoms with Gasteiger partial charge in [-0.1, -0.05) is 26.8 Å². The molecule has 2 aromatic heterocycles. The fraction of sp³-hybridized carbons (Fsp3) is 0.375. The molecule has 0 spiro atoms. The highest BCUT2D eigenvalue weighted by Gasteiger charge is 2.17. The minimum atomic E-state index is -0.485. The Kier molecular flexibility index (Phi) is 8.18. The Morgan fingerprint density at radius 3 is 2.59 bits per heavy atom. The second-order valence-electron chi connectivity index (χ2n) is 7.84. The molecule has 0 N–H and O–H groups in total. The molecule has 34 heavy (non-hydrogen) atoms. The molecule has 1 aromatic carbocycles. The van der Waals surface area contributed by atoms with Crippen LogP contribution in [0, 0.1) is 10.1 Å². The third-order valence-electron chi connectivity index (χ3n) is 5.06. The molecule has 0 aliphatic rings. The van der Waals surface area contributed by atoms with Gasteiger partial charge in [0.2, 0.25) is 5.75 Å². The summed E-state index contributed by atoms with van der Waals surface area (Å²) in [6, 6.07) is 8.13. The topological polar surface area (TPSA) is 119 Å². The summed E-state index contributed by atoms with van der Waals surface area (Å²) in [5.41, 5.74) is 1.89. The predicted molar refractivity (Wildman–Crippen MR) is 125 cm³/mol. The maximum Gasteiger partial charge on any atom is 0.311 e. The summed E-state index contributed by atoms with van der Waals surface area (Å²) >= 11 is 0. The van der Waals surface area contributed by atoms with Crippen molar-refractivity contribution in [3.05, 3.63) is 64.1 Å². The minimum absolute atomic E-state index is 0.0716. The number of para-hydroxylation sites is 1. The highest BCUT2D eigenvalue weighted by Crippen LogP contribution is 2.37. The Morgan fingerprint density at radius 2 is 1.97 bits per heavy atom. The van der Waals surface area contributed by atoms with Crippen LogP contribution in [0.15, 0.2) is 42.7 Å². The Morgan fingerprint density at radius 1 is 1.21 bits per heavy atom. The number of nitro groups is 1. The molecule has 3 aromatic rings. The molecule has 0 fully saturated rings. The second kappa shape index (κ2) is 11.3. The van der Waals surface area contributed by atoms with Crippen LogP contribution < -0.4 is 14.2 Å². The van der Waals surface area contributed by atoms with E-state index in [4.69, 9.17) is 14.2 Å². The van der Waals surface area contributed by atoms with Crippen molar-refractivity contribution in [1.82, 2.24) is 14.8 Å². The lowest BCUT2D eigenvalue weighted by Gasteiger charge is -2.14. The SMILES string of the molecule is CCC(=O)Oc1cccc(OC)c1OCCCc1cn(-c2ccc([N+](=O)[O-])cn2)nc1C(C)C. The van der Waals surface area contributed by atoms with Crippen LogP contribution in [0.2, 0.25) is 0 Å². The van der Waals surface area contributed by atoms with Crippen LogP contribution in [0.25, 0.3) is 5.82 Å². The number of benzene rings is 1. The number of nitrogens with zero attached hydrogens (tertiary/aromatic N) is 4. The molecule has 2 heterocycles. The van der Waals surface area contributed by atoms with Gasteiger partial charge in [-0.05, 0) is 42.5 Å². The molecule has 0 aliphatic heterocycles. The summed E-state index contributed by atoms with van der Waals surface area (Å²) in [5.74, 6) is 1.54. The van der Waals surface area contributed by atoms with Crippen LogP contribution in [-0.2, 0) is 11.2 Å². The molecule has 0 unspecified atom stereocenters. The standard InChI is InChI=1S/C24H28N4O6/c1-5-22(29)34-20-10-6-9-19(32-4)24(20)33-13-7-8-17-15-27(26-23(17)16(2)3)21-12-11-18(14-25-21)28(30)31/h6,9-12,14-16H,5,7-8,13H2,1-4H3. The third kappa shape index (κ3) is 5.89. The smallest absolute Gasteiger partial charge is 0.311 e. The Balaban J connectivity index is 1.70. The van der Waals surface area contributed by atoms with E-state index in [-0.39, 0.29) is 24.0 Å². The maximum atomic E-state index is 11.8. The number of methoxy groups -OCH3 is 1. The van der Waals surface area contributed by atoms with E-state index in [1.54, 1.807) is 35.9 Å². The van der Waals surface area contributed by atoms with Gasteiger partial charge in [-0.3, -0.25) is 14.9 Å². The van der Waals surface area contributed by atoms with Crippen LogP contribution in [0.1, 0.15) is 50.8 Å². The first-order valence-corrected chi connectivity index (χ1v) is 11.0. The van der Waals surface area contributed by atoms with E-state index in [1.165, 1.54) is 19.4 Å². The highest BCUT2D eigenvalue weighted by atomic mass is 16.6. The van der Waals surface area contributed by atoms with Crippen LogP contribution in [0.3, 0.4) is 0 Å². The van der Waals surface area contributed by atoms with Crippen molar-refractivity contribution in [2.75, 3.05) is 13.7 Å². The van der Waals surface area contributed by atoms with Gasteiger partial charge in [-0.15, -0.1) is 0 Å². The van der Waals surface area contributed by atoms with Gasteiger partial charge < -0.3 is 14.2 Å². The number of rotatable bonds is 11. The van der Waals surface area contributed by atoms with Crippen molar-refractivity contribution in [3.63, 3.8) is 0 Å². The summed E-state index contributed by atoms with van der Waals surface area (Å²) in [6.45, 7) is 6.20. The first kappa shape index (κ1) is 24.7. The molecule has 0 saturated heterocycles. The van der Waals surface area contributed by atoms with Crippen LogP contribution in [-0.4, -0.2) is 39.4 Å². The van der Waals surface area contributed by atoms with E-state index in [9.17, 15) is 14.9 Å². The Labute approximate surface area is 197 Å². The molecule has 0 radical (unpaired) electrons. The molecule has 10 nitrogen and oxygen atoms in total. The van der Waals surface area contributed by atoms with Crippen molar-refractivity contribution >= 4 is 11.7 Å². The molecule has 10 heteroatoms. The molecular formula is C24H28N4O6. The van der Waals surface area contributed by atoms with Crippen molar-refractivity contribution in [2.45, 2.75) is 46.0 Å². The quantitative estimate of drug-likeness (QED) is 0.131. The summed E-state index contributed by atoms with van der Waals surface area (Å²) in [7, 11) is 1.53. The summed E-state index contributed by atoms with van der Waals surface area (Å²) in [6.07, 6.45) is 4.73. The van der Waals surface area contributed by atoms with E-state index in [0.29, 0.717) is 42.5 Å². The van der Waals surface area contributed by atoms with Gasteiger partial charge in [0.25, 0.3) is 5.69 Å². The number of aromatic nitrogens is 3. The van der Waals surface area contributed by atoms with Gasteiger partial charge in [-0.25, -0.2) is 9.67 Å². The molecule has 180 valence electrons. The number of hydrogen-bond acceptors (Lipinski definition) is 8. The lowest BCUT2D eigenvalue weighted by molar-refractivity contribution is -0.385. The fourth-order valence-corrected chi connectivity index (χ4v) is 3.35. The minimum Gasteiger partial charge on any atom is -0.493 e. The lowest BCUT2D eigenvalue weighted by Crippen LogP contribution is -2.09. The normalized spacial score (nSPS) is 10.9. The molecule has 0 saturated carbocycles. The molecular weight excluding hydrogens is 440 g/mol. The third-order valence-corrected chi connectivity index (χ3v) is 5.06. The first-order valence-electron chi connectivity index (χ1n) is 11.0. The van der Waals surface area contributed by atoms with Gasteiger partial charge in [0.1, 0.15) is 6.20 Å². The van der Waals surface area contributed by atoms with Gasteiger partial charge in [0.15, 0.2) is 17.3 Å². The number of ether oxygens (including phenoxy) is 3. The molecule has 0 aliphatic carbocycles. The zero-order chi connectivity index (χ0) is 24.7. The monoisotopic (exact) mass is 468 g/mol. The number of carbonyl (C=O) groups excluding carboxylic acids is 1. The highest BCUT2D eigenvalue weighted by molar-refractivity contribution is 5.73. The maximum absolute atomic E-state index is 11.8. The van der Waals surface area contributed by atoms with Gasteiger partial charge in [-0.2, -0.15) is 5.10 Å². The van der Waals surface area contributed by atoms with Crippen molar-refractivity contribution in [3.8, 4) is 23.1 Å². The number of aryl methyl sites for hydroxylation is 1. The number of hydrogen-bond donors (Lipinski definition) is 0. The van der Waals surface area contributed by atoms with E-state index < -0.39 is 4.92 Å². The van der Waals surface area contributed by atoms with Crippen molar-refractivity contribution in [2.24, 2.45) is 0 Å². The molecule has 0 atom stereocenters. The number of carbonyl (C=O) groups is 1. The van der Waals surface area contributed by atoms with Gasteiger partial charge >= 0.3 is 5.97 Å². The van der Waals surface area contributed by atoms with Gasteiger partial charge in [0, 0.05) is 18.7 Å². The van der Waals surface area contributed by atoms with E-state index in [2.05, 4.69) is 23.9 Å². The number of pyridine rings is 1. The zero-order valence-corrected chi connectivity index (χ0v) is 19.7. The molecule has 3 rings (SSSR count). The van der Waals surface area contributed by atoms with Crippen LogP contribution in [0.5, 0.6) is 17.2 Å². The van der Waals surface area contributed by atoms with E-state index in [0.717, 1.165) is 11.3 Å². The Bertz CT molecular complexity index is 1140. The van der Waals surface area contributed by atoms with Crippen molar-refractivity contribution < 1.29 is 23.9 Å². The summed E-state index contributed by atoms with van der Waals surface area (Å²) in [5, 5.41) is 15.5. The van der Waals surface area contributed by atoms with Crippen molar-refractivity contribution in [1.29, 1.82) is 0 Å². The average Bonchev–Trinajstić information content (AvgIpc) is 3.27. The largest absolute Gasteiger partial charge is 0.493 e. The van der Waals surface area contributed by atoms with Crippen LogP contribution in [0.4, 0.5) is 5.69 Å². The lowest BCUT2D eigenvalue weighted by atomic mass is 10.0. The summed E-state index contributed by atoms with van der Waals surface area (Å²) < 4.78 is 18.3. The Hall–Kier alpha value is -3.95. The van der Waals surface area contributed by atoms with E-state index >= 15 is 0 Å².